The number of aromatic amines is 1. The molecule has 1 saturated heterocycles. The van der Waals surface area contributed by atoms with Gasteiger partial charge in [0.15, 0.2) is 0 Å². The first kappa shape index (κ1) is 21.4. The van der Waals surface area contributed by atoms with Crippen LogP contribution in [0.2, 0.25) is 5.02 Å². The first-order chi connectivity index (χ1) is 13.7. The molecule has 3 rings (SSSR count). The van der Waals surface area contributed by atoms with Crippen LogP contribution in [0, 0.1) is 25.2 Å². The van der Waals surface area contributed by atoms with Crippen LogP contribution in [0.5, 0.6) is 0 Å². The summed E-state index contributed by atoms with van der Waals surface area (Å²) in [6.07, 6.45) is 3.32. The van der Waals surface area contributed by atoms with E-state index >= 15 is 0 Å². The monoisotopic (exact) mass is 413 g/mol. The molecule has 2 heterocycles. The molecule has 7 heteroatoms. The van der Waals surface area contributed by atoms with Gasteiger partial charge in [0.25, 0.3) is 0 Å². The SMILES string of the molecule is Cc1ccc(C(c2nc[nH]c2C)C(C)(C)NCC(=O)N2CCC[C@H]2C#N)cc1Cl. The number of nitriles is 1. The van der Waals surface area contributed by atoms with Crippen molar-refractivity contribution in [2.45, 2.75) is 58.0 Å². The van der Waals surface area contributed by atoms with Crippen LogP contribution in [0.1, 0.15) is 55.1 Å². The predicted octanol–water partition coefficient (Wildman–Crippen LogP) is 3.69. The normalized spacial score (nSPS) is 17.9. The van der Waals surface area contributed by atoms with Gasteiger partial charge in [0.1, 0.15) is 6.04 Å². The fourth-order valence-corrected chi connectivity index (χ4v) is 4.26. The van der Waals surface area contributed by atoms with Crippen molar-refractivity contribution >= 4 is 17.5 Å². The molecule has 1 aromatic carbocycles. The van der Waals surface area contributed by atoms with Crippen molar-refractivity contribution in [3.63, 3.8) is 0 Å². The van der Waals surface area contributed by atoms with Gasteiger partial charge in [0, 0.05) is 28.7 Å². The Bertz CT molecular complexity index is 930. The second kappa shape index (κ2) is 8.56. The van der Waals surface area contributed by atoms with Gasteiger partial charge in [-0.15, -0.1) is 0 Å². The zero-order valence-corrected chi connectivity index (χ0v) is 18.2. The van der Waals surface area contributed by atoms with Gasteiger partial charge in [0.05, 0.1) is 24.6 Å². The number of benzene rings is 1. The lowest BCUT2D eigenvalue weighted by Crippen LogP contribution is -2.50. The van der Waals surface area contributed by atoms with E-state index in [9.17, 15) is 10.1 Å². The molecule has 1 unspecified atom stereocenters. The van der Waals surface area contributed by atoms with Crippen LogP contribution < -0.4 is 5.32 Å². The molecule has 0 aliphatic carbocycles. The topological polar surface area (TPSA) is 84.8 Å². The Kier molecular flexibility index (Phi) is 6.30. The fraction of sp³-hybridized carbons (Fsp3) is 0.500. The van der Waals surface area contributed by atoms with Crippen LogP contribution in [0.15, 0.2) is 24.5 Å². The lowest BCUT2D eigenvalue weighted by molar-refractivity contribution is -0.130. The van der Waals surface area contributed by atoms with Crippen LogP contribution in [-0.4, -0.2) is 45.4 Å². The predicted molar refractivity (Wildman–Crippen MR) is 114 cm³/mol. The number of amides is 1. The summed E-state index contributed by atoms with van der Waals surface area (Å²) in [5, 5.41) is 13.4. The minimum atomic E-state index is -0.476. The third-order valence-electron chi connectivity index (χ3n) is 5.81. The van der Waals surface area contributed by atoms with E-state index in [0.29, 0.717) is 11.6 Å². The lowest BCUT2D eigenvalue weighted by atomic mass is 9.78. The average Bonchev–Trinajstić information content (AvgIpc) is 3.32. The maximum Gasteiger partial charge on any atom is 0.237 e. The highest BCUT2D eigenvalue weighted by molar-refractivity contribution is 6.31. The highest BCUT2D eigenvalue weighted by Gasteiger charge is 2.36. The van der Waals surface area contributed by atoms with Gasteiger partial charge in [-0.1, -0.05) is 23.7 Å². The quantitative estimate of drug-likeness (QED) is 0.756. The molecule has 2 N–H and O–H groups in total. The summed E-state index contributed by atoms with van der Waals surface area (Å²) in [6, 6.07) is 7.97. The van der Waals surface area contributed by atoms with E-state index in [1.54, 1.807) is 11.2 Å². The van der Waals surface area contributed by atoms with Gasteiger partial charge in [-0.2, -0.15) is 5.26 Å². The van der Waals surface area contributed by atoms with Gasteiger partial charge in [-0.05, 0) is 57.7 Å². The summed E-state index contributed by atoms with van der Waals surface area (Å²) < 4.78 is 0. The number of carbonyl (C=O) groups is 1. The summed E-state index contributed by atoms with van der Waals surface area (Å²) in [5.74, 6) is -0.147. The van der Waals surface area contributed by atoms with Gasteiger partial charge >= 0.3 is 0 Å². The fourth-order valence-electron chi connectivity index (χ4n) is 4.07. The average molecular weight is 414 g/mol. The summed E-state index contributed by atoms with van der Waals surface area (Å²) in [4.78, 5) is 22.1. The molecule has 0 saturated carbocycles. The van der Waals surface area contributed by atoms with E-state index in [0.717, 1.165) is 35.4 Å². The number of imidazole rings is 1. The first-order valence-corrected chi connectivity index (χ1v) is 10.3. The Hall–Kier alpha value is -2.36. The van der Waals surface area contributed by atoms with E-state index in [4.69, 9.17) is 11.6 Å². The Balaban J connectivity index is 1.86. The maximum absolute atomic E-state index is 12.7. The molecule has 29 heavy (non-hydrogen) atoms. The van der Waals surface area contributed by atoms with Crippen molar-refractivity contribution in [3.8, 4) is 6.07 Å². The Labute approximate surface area is 177 Å². The molecule has 6 nitrogen and oxygen atoms in total. The zero-order chi connectivity index (χ0) is 21.2. The first-order valence-electron chi connectivity index (χ1n) is 9.94. The van der Waals surface area contributed by atoms with Crippen molar-refractivity contribution in [2.75, 3.05) is 13.1 Å². The number of nitrogens with zero attached hydrogens (tertiary/aromatic N) is 3. The second-order valence-corrected chi connectivity index (χ2v) is 8.71. The molecular formula is C22H28ClN5O. The van der Waals surface area contributed by atoms with Crippen LogP contribution in [0.25, 0.3) is 0 Å². The van der Waals surface area contributed by atoms with Crippen LogP contribution in [0.3, 0.4) is 0 Å². The van der Waals surface area contributed by atoms with E-state index in [1.165, 1.54) is 0 Å². The largest absolute Gasteiger partial charge is 0.348 e. The summed E-state index contributed by atoms with van der Waals surface area (Å²) >= 11 is 6.41. The number of hydrogen-bond acceptors (Lipinski definition) is 4. The summed E-state index contributed by atoms with van der Waals surface area (Å²) in [6.45, 7) is 8.93. The number of hydrogen-bond donors (Lipinski definition) is 2. The number of likely N-dealkylation sites (tertiary alicyclic amines) is 1. The van der Waals surface area contributed by atoms with Crippen molar-refractivity contribution < 1.29 is 4.79 Å². The highest BCUT2D eigenvalue weighted by Crippen LogP contribution is 2.36. The Morgan fingerprint density at radius 1 is 1.48 bits per heavy atom. The number of carbonyl (C=O) groups excluding carboxylic acids is 1. The number of nitrogens with one attached hydrogen (secondary N) is 2. The number of H-pyrrole nitrogens is 1. The third kappa shape index (κ3) is 4.47. The molecule has 1 aliphatic rings. The molecule has 0 bridgehead atoms. The van der Waals surface area contributed by atoms with E-state index in [2.05, 4.69) is 41.3 Å². The molecule has 0 spiro atoms. The Morgan fingerprint density at radius 3 is 2.86 bits per heavy atom. The molecular weight excluding hydrogens is 386 g/mol. The van der Waals surface area contributed by atoms with E-state index < -0.39 is 5.54 Å². The number of aromatic nitrogens is 2. The standard InChI is InChI=1S/C22H28ClN5O/c1-14-7-8-16(10-18(14)23)20(21-15(2)25-13-26-21)22(3,4)27-12-19(29)28-9-5-6-17(28)11-24/h7-8,10,13,17,20,27H,5-6,9,12H2,1-4H3,(H,25,26)/t17-,20?/m0/s1. The van der Waals surface area contributed by atoms with Crippen LogP contribution in [-0.2, 0) is 4.79 Å². The summed E-state index contributed by atoms with van der Waals surface area (Å²) in [7, 11) is 0. The van der Waals surface area contributed by atoms with Gasteiger partial charge in [-0.3, -0.25) is 4.79 Å². The van der Waals surface area contributed by atoms with Crippen molar-refractivity contribution in [1.29, 1.82) is 5.26 Å². The molecule has 2 atom stereocenters. The van der Waals surface area contributed by atoms with Crippen molar-refractivity contribution in [2.24, 2.45) is 0 Å². The number of halogens is 1. The molecule has 1 fully saturated rings. The van der Waals surface area contributed by atoms with Crippen LogP contribution >= 0.6 is 11.6 Å². The smallest absolute Gasteiger partial charge is 0.237 e. The zero-order valence-electron chi connectivity index (χ0n) is 17.4. The minimum Gasteiger partial charge on any atom is -0.348 e. The molecule has 1 amide bonds. The van der Waals surface area contributed by atoms with Crippen molar-refractivity contribution in [1.82, 2.24) is 20.2 Å². The summed E-state index contributed by atoms with van der Waals surface area (Å²) in [5.41, 5.74) is 3.49. The second-order valence-electron chi connectivity index (χ2n) is 8.30. The Morgan fingerprint density at radius 2 is 2.24 bits per heavy atom. The lowest BCUT2D eigenvalue weighted by Gasteiger charge is -2.36. The molecule has 0 radical (unpaired) electrons. The van der Waals surface area contributed by atoms with E-state index in [-0.39, 0.29) is 24.4 Å². The minimum absolute atomic E-state index is 0.0402. The molecule has 1 aromatic heterocycles. The van der Waals surface area contributed by atoms with Gasteiger partial charge < -0.3 is 15.2 Å². The van der Waals surface area contributed by atoms with Crippen molar-refractivity contribution in [3.05, 3.63) is 52.1 Å². The van der Waals surface area contributed by atoms with E-state index in [1.807, 2.05) is 26.0 Å². The molecule has 2 aromatic rings. The third-order valence-corrected chi connectivity index (χ3v) is 6.22. The highest BCUT2D eigenvalue weighted by atomic mass is 35.5. The molecule has 154 valence electrons. The van der Waals surface area contributed by atoms with Crippen LogP contribution in [0.4, 0.5) is 0 Å². The number of rotatable bonds is 6. The van der Waals surface area contributed by atoms with Gasteiger partial charge in [0.2, 0.25) is 5.91 Å². The van der Waals surface area contributed by atoms with Gasteiger partial charge in [-0.25, -0.2) is 4.98 Å². The maximum atomic E-state index is 12.7. The molecule has 1 aliphatic heterocycles. The number of aryl methyl sites for hydroxylation is 2.